The molecule has 0 spiro atoms. The van der Waals surface area contributed by atoms with Gasteiger partial charge in [0, 0.05) is 12.5 Å². The molecule has 0 saturated carbocycles. The van der Waals surface area contributed by atoms with Crippen LogP contribution in [0.1, 0.15) is 6.92 Å². The normalized spacial score (nSPS) is 11.8. The van der Waals surface area contributed by atoms with Crippen molar-refractivity contribution >= 4 is 13.8 Å². The van der Waals surface area contributed by atoms with E-state index in [2.05, 4.69) is 6.58 Å². The number of guanidine groups is 1. The molecule has 0 aliphatic heterocycles. The van der Waals surface area contributed by atoms with Gasteiger partial charge in [-0.15, -0.1) is 0 Å². The highest BCUT2D eigenvalue weighted by Crippen LogP contribution is 2.04. The van der Waals surface area contributed by atoms with Crippen LogP contribution in [-0.4, -0.2) is 38.3 Å². The highest BCUT2D eigenvalue weighted by atomic mass is 16.5. The first-order valence-electron chi connectivity index (χ1n) is 3.63. The SMILES string of the molecule is [B]C(C(=C)OC)N(CC)C(=N)N. The molecule has 0 fully saturated rings. The summed E-state index contributed by atoms with van der Waals surface area (Å²) in [5.41, 5.74) is 5.27. The third kappa shape index (κ3) is 2.49. The zero-order valence-corrected chi connectivity index (χ0v) is 7.50. The molecule has 0 aromatic rings. The second-order valence-corrected chi connectivity index (χ2v) is 2.29. The summed E-state index contributed by atoms with van der Waals surface area (Å²) < 4.78 is 4.83. The van der Waals surface area contributed by atoms with Crippen molar-refractivity contribution in [3.8, 4) is 0 Å². The summed E-state index contributed by atoms with van der Waals surface area (Å²) in [7, 11) is 7.15. The number of rotatable bonds is 4. The molecule has 5 heteroatoms. The molecule has 0 amide bonds. The van der Waals surface area contributed by atoms with Crippen LogP contribution in [0.5, 0.6) is 0 Å². The number of nitrogens with zero attached hydrogens (tertiary/aromatic N) is 1. The Morgan fingerprint density at radius 3 is 2.58 bits per heavy atom. The van der Waals surface area contributed by atoms with E-state index in [0.717, 1.165) is 0 Å². The van der Waals surface area contributed by atoms with Crippen molar-refractivity contribution in [3.05, 3.63) is 12.3 Å². The summed E-state index contributed by atoms with van der Waals surface area (Å²) in [6, 6.07) is 0. The Bertz CT molecular complexity index is 183. The van der Waals surface area contributed by atoms with E-state index in [9.17, 15) is 0 Å². The minimum absolute atomic E-state index is 0.0804. The monoisotopic (exact) mass is 167 g/mol. The van der Waals surface area contributed by atoms with Crippen molar-refractivity contribution in [2.24, 2.45) is 5.73 Å². The Hall–Kier alpha value is -1.13. The van der Waals surface area contributed by atoms with E-state index >= 15 is 0 Å². The Labute approximate surface area is 74.3 Å². The van der Waals surface area contributed by atoms with Gasteiger partial charge < -0.3 is 15.4 Å². The molecule has 12 heavy (non-hydrogen) atoms. The van der Waals surface area contributed by atoms with Crippen molar-refractivity contribution < 1.29 is 4.74 Å². The van der Waals surface area contributed by atoms with E-state index in [1.165, 1.54) is 12.0 Å². The molecule has 3 N–H and O–H groups in total. The van der Waals surface area contributed by atoms with Crippen molar-refractivity contribution in [2.45, 2.75) is 12.9 Å². The molecule has 2 radical (unpaired) electrons. The highest BCUT2D eigenvalue weighted by Gasteiger charge is 2.15. The van der Waals surface area contributed by atoms with Gasteiger partial charge in [0.25, 0.3) is 0 Å². The molecular weight excluding hydrogens is 153 g/mol. The van der Waals surface area contributed by atoms with Gasteiger partial charge in [-0.1, -0.05) is 6.58 Å². The van der Waals surface area contributed by atoms with Crippen molar-refractivity contribution in [1.29, 1.82) is 5.41 Å². The molecule has 0 bridgehead atoms. The van der Waals surface area contributed by atoms with Crippen LogP contribution < -0.4 is 5.73 Å². The first-order valence-corrected chi connectivity index (χ1v) is 3.63. The van der Waals surface area contributed by atoms with Crippen LogP contribution in [0.2, 0.25) is 0 Å². The molecule has 0 aromatic carbocycles. The fourth-order valence-corrected chi connectivity index (χ4v) is 0.811. The van der Waals surface area contributed by atoms with Gasteiger partial charge in [-0.25, -0.2) is 0 Å². The molecule has 0 aliphatic rings. The molecule has 0 rings (SSSR count). The summed E-state index contributed by atoms with van der Waals surface area (Å²) in [6.07, 6.45) is 0. The van der Waals surface area contributed by atoms with Crippen LogP contribution in [0, 0.1) is 5.41 Å². The van der Waals surface area contributed by atoms with E-state index in [1.54, 1.807) is 0 Å². The summed E-state index contributed by atoms with van der Waals surface area (Å²) in [4.78, 5) is 1.48. The standard InChI is InChI=1S/C7H14BN3O/c1-4-11(7(9)10)6(8)5(2)12-3/h6H,2,4H2,1,3H3,(H3,9,10). The number of hydrogen-bond acceptors (Lipinski definition) is 2. The third-order valence-corrected chi connectivity index (χ3v) is 1.58. The fraction of sp³-hybridized carbons (Fsp3) is 0.571. The molecule has 66 valence electrons. The van der Waals surface area contributed by atoms with E-state index in [-0.39, 0.29) is 5.96 Å². The van der Waals surface area contributed by atoms with Crippen LogP contribution in [0.3, 0.4) is 0 Å². The first kappa shape index (κ1) is 10.9. The topological polar surface area (TPSA) is 62.3 Å². The van der Waals surface area contributed by atoms with E-state index < -0.39 is 5.94 Å². The van der Waals surface area contributed by atoms with Crippen LogP contribution in [-0.2, 0) is 4.74 Å². The lowest BCUT2D eigenvalue weighted by Gasteiger charge is -2.29. The van der Waals surface area contributed by atoms with E-state index in [0.29, 0.717) is 12.3 Å². The Morgan fingerprint density at radius 2 is 2.33 bits per heavy atom. The Morgan fingerprint density at radius 1 is 1.83 bits per heavy atom. The maximum absolute atomic E-state index is 7.18. The van der Waals surface area contributed by atoms with Gasteiger partial charge >= 0.3 is 0 Å². The van der Waals surface area contributed by atoms with Crippen LogP contribution in [0.15, 0.2) is 12.3 Å². The largest absolute Gasteiger partial charge is 0.500 e. The van der Waals surface area contributed by atoms with Gasteiger partial charge in [0.05, 0.1) is 7.11 Å². The quantitative estimate of drug-likeness (QED) is 0.265. The molecule has 0 aliphatic carbocycles. The Kier molecular flexibility index (Phi) is 4.25. The second kappa shape index (κ2) is 4.69. The van der Waals surface area contributed by atoms with E-state index in [4.69, 9.17) is 23.7 Å². The third-order valence-electron chi connectivity index (χ3n) is 1.58. The zero-order chi connectivity index (χ0) is 9.72. The van der Waals surface area contributed by atoms with Gasteiger partial charge in [0.15, 0.2) is 5.96 Å². The Balaban J connectivity index is 4.30. The molecule has 0 saturated heterocycles. The first-order chi connectivity index (χ1) is 5.54. The molecule has 1 unspecified atom stereocenters. The maximum Gasteiger partial charge on any atom is 0.188 e. The summed E-state index contributed by atoms with van der Waals surface area (Å²) in [5, 5.41) is 7.18. The second-order valence-electron chi connectivity index (χ2n) is 2.29. The molecule has 4 nitrogen and oxygen atoms in total. The number of nitrogens with one attached hydrogen (secondary N) is 1. The fourth-order valence-electron chi connectivity index (χ4n) is 0.811. The highest BCUT2D eigenvalue weighted by molar-refractivity contribution is 6.14. The molecule has 1 atom stereocenters. The molecule has 0 heterocycles. The minimum Gasteiger partial charge on any atom is -0.500 e. The zero-order valence-electron chi connectivity index (χ0n) is 7.50. The maximum atomic E-state index is 7.18. The van der Waals surface area contributed by atoms with Crippen molar-refractivity contribution in [1.82, 2.24) is 4.90 Å². The smallest absolute Gasteiger partial charge is 0.188 e. The van der Waals surface area contributed by atoms with Gasteiger partial charge in [-0.3, -0.25) is 5.41 Å². The average Bonchev–Trinajstić information content (AvgIpc) is 2.03. The summed E-state index contributed by atoms with van der Waals surface area (Å²) in [5.74, 6) is -0.229. The average molecular weight is 167 g/mol. The minimum atomic E-state index is -0.544. The number of hydrogen-bond donors (Lipinski definition) is 2. The number of methoxy groups -OCH3 is 1. The number of ether oxygens (including phenoxy) is 1. The van der Waals surface area contributed by atoms with Gasteiger partial charge in [-0.2, -0.15) is 0 Å². The predicted molar refractivity (Wildman–Crippen MR) is 50.0 cm³/mol. The van der Waals surface area contributed by atoms with E-state index in [1.807, 2.05) is 6.92 Å². The lowest BCUT2D eigenvalue weighted by Crippen LogP contribution is -2.45. The van der Waals surface area contributed by atoms with Gasteiger partial charge in [-0.05, 0) is 6.92 Å². The van der Waals surface area contributed by atoms with Crippen molar-refractivity contribution in [3.63, 3.8) is 0 Å². The lowest BCUT2D eigenvalue weighted by atomic mass is 9.93. The molecular formula is C7H14BN3O. The molecule has 0 aromatic heterocycles. The van der Waals surface area contributed by atoms with Gasteiger partial charge in [0.2, 0.25) is 0 Å². The van der Waals surface area contributed by atoms with Crippen LogP contribution >= 0.6 is 0 Å². The number of nitrogens with two attached hydrogens (primary N) is 1. The van der Waals surface area contributed by atoms with Crippen molar-refractivity contribution in [2.75, 3.05) is 13.7 Å². The summed E-state index contributed by atoms with van der Waals surface area (Å²) in [6.45, 7) is 5.99. The summed E-state index contributed by atoms with van der Waals surface area (Å²) >= 11 is 0. The van der Waals surface area contributed by atoms with Crippen LogP contribution in [0.25, 0.3) is 0 Å². The lowest BCUT2D eigenvalue weighted by molar-refractivity contribution is 0.242. The van der Waals surface area contributed by atoms with Gasteiger partial charge in [0.1, 0.15) is 13.6 Å². The predicted octanol–water partition coefficient (Wildman–Crippen LogP) is -0.144. The number of likely N-dealkylation sites (N-methyl/N-ethyl adjacent to an activating group) is 1. The van der Waals surface area contributed by atoms with Crippen LogP contribution in [0.4, 0.5) is 0 Å².